The molecule has 0 aromatic heterocycles. The summed E-state index contributed by atoms with van der Waals surface area (Å²) in [6.45, 7) is 9.72. The van der Waals surface area contributed by atoms with Gasteiger partial charge in [0.2, 0.25) is 0 Å². The number of rotatable bonds is 3. The molecule has 9 aromatic carbocycles. The number of anilines is 3. The van der Waals surface area contributed by atoms with Crippen LogP contribution in [0.5, 0.6) is 0 Å². The predicted octanol–water partition coefficient (Wildman–Crippen LogP) is 14.9. The van der Waals surface area contributed by atoms with Gasteiger partial charge >= 0.3 is 0 Å². The van der Waals surface area contributed by atoms with Gasteiger partial charge in [-0.25, -0.2) is 0 Å². The van der Waals surface area contributed by atoms with Crippen LogP contribution in [0.1, 0.15) is 49.9 Å². The standard InChI is InChI=1S/C54H41N/c1-53(2)47-25-15-16-26-50(47)55(38-30-36(34-17-7-5-8-18-34)29-37(31-38)35-19-9-6-10-20-35)52-48(53)28-27-43-46-32-44-41-23-13-11-21-39(41)40-22-12-14-24-42(40)45(44)33-49(46)54(3,4)51(43)52/h5-33H,1-4H3. The van der Waals surface area contributed by atoms with Crippen molar-refractivity contribution in [3.05, 3.63) is 198 Å². The summed E-state index contributed by atoms with van der Waals surface area (Å²) in [6.07, 6.45) is 0. The molecule has 0 bridgehead atoms. The van der Waals surface area contributed by atoms with Crippen LogP contribution in [0, 0.1) is 0 Å². The summed E-state index contributed by atoms with van der Waals surface area (Å²) >= 11 is 0. The van der Waals surface area contributed by atoms with Crippen LogP contribution in [-0.2, 0) is 10.8 Å². The smallest absolute Gasteiger partial charge is 0.0549 e. The van der Waals surface area contributed by atoms with Gasteiger partial charge in [0.1, 0.15) is 0 Å². The Morgan fingerprint density at radius 1 is 0.345 bits per heavy atom. The molecule has 0 fully saturated rings. The number of fused-ring (bicyclic) bond motifs is 12. The molecule has 1 heteroatoms. The third kappa shape index (κ3) is 4.53. The summed E-state index contributed by atoms with van der Waals surface area (Å²) in [5, 5.41) is 7.90. The molecular weight excluding hydrogens is 663 g/mol. The SMILES string of the molecule is CC1(C)c2ccccc2N(c2cc(-c3ccccc3)cc(-c3ccccc3)c2)c2c1ccc1c2C(C)(C)c2cc3c4ccccc4c4ccccc4c3cc2-1. The first-order valence-corrected chi connectivity index (χ1v) is 19.5. The van der Waals surface area contributed by atoms with Crippen molar-refractivity contribution in [3.8, 4) is 33.4 Å². The summed E-state index contributed by atoms with van der Waals surface area (Å²) < 4.78 is 0. The molecule has 0 saturated heterocycles. The molecule has 55 heavy (non-hydrogen) atoms. The quantitative estimate of drug-likeness (QED) is 0.166. The molecular formula is C54H41N. The molecule has 1 aliphatic carbocycles. The number of hydrogen-bond acceptors (Lipinski definition) is 1. The van der Waals surface area contributed by atoms with E-state index >= 15 is 0 Å². The van der Waals surface area contributed by atoms with Gasteiger partial charge in [-0.15, -0.1) is 0 Å². The topological polar surface area (TPSA) is 3.24 Å². The maximum absolute atomic E-state index is 2.60. The highest BCUT2D eigenvalue weighted by Gasteiger charge is 2.45. The fourth-order valence-electron chi connectivity index (χ4n) is 10.1. The van der Waals surface area contributed by atoms with Crippen LogP contribution in [0.2, 0.25) is 0 Å². The summed E-state index contributed by atoms with van der Waals surface area (Å²) in [4.78, 5) is 2.60. The number of nitrogens with zero attached hydrogens (tertiary/aromatic N) is 1. The van der Waals surface area contributed by atoms with E-state index in [1.54, 1.807) is 0 Å². The maximum Gasteiger partial charge on any atom is 0.0549 e. The maximum atomic E-state index is 2.60. The first-order valence-electron chi connectivity index (χ1n) is 19.5. The number of para-hydroxylation sites is 1. The summed E-state index contributed by atoms with van der Waals surface area (Å²) in [7, 11) is 0. The van der Waals surface area contributed by atoms with E-state index in [0.29, 0.717) is 0 Å². The van der Waals surface area contributed by atoms with Crippen LogP contribution in [0.3, 0.4) is 0 Å². The fourth-order valence-corrected chi connectivity index (χ4v) is 10.1. The first kappa shape index (κ1) is 32.0. The van der Waals surface area contributed by atoms with Gasteiger partial charge in [0.15, 0.2) is 0 Å². The zero-order valence-electron chi connectivity index (χ0n) is 31.7. The van der Waals surface area contributed by atoms with Crippen molar-refractivity contribution in [2.45, 2.75) is 38.5 Å². The average molecular weight is 704 g/mol. The minimum Gasteiger partial charge on any atom is -0.310 e. The molecule has 0 atom stereocenters. The van der Waals surface area contributed by atoms with E-state index in [2.05, 4.69) is 209 Å². The summed E-state index contributed by atoms with van der Waals surface area (Å²) in [5.41, 5.74) is 16.3. The third-order valence-corrected chi connectivity index (χ3v) is 12.8. The van der Waals surface area contributed by atoms with Crippen molar-refractivity contribution in [2.75, 3.05) is 4.90 Å². The zero-order chi connectivity index (χ0) is 37.1. The Balaban J connectivity index is 1.23. The van der Waals surface area contributed by atoms with Crippen molar-refractivity contribution < 1.29 is 0 Å². The van der Waals surface area contributed by atoms with Crippen LogP contribution in [0.4, 0.5) is 17.1 Å². The van der Waals surface area contributed by atoms with Gasteiger partial charge < -0.3 is 4.90 Å². The monoisotopic (exact) mass is 703 g/mol. The Hall–Kier alpha value is -6.44. The molecule has 0 radical (unpaired) electrons. The zero-order valence-corrected chi connectivity index (χ0v) is 31.7. The Morgan fingerprint density at radius 3 is 1.45 bits per heavy atom. The molecule has 0 spiro atoms. The van der Waals surface area contributed by atoms with Crippen molar-refractivity contribution in [1.82, 2.24) is 0 Å². The third-order valence-electron chi connectivity index (χ3n) is 12.8. The lowest BCUT2D eigenvalue weighted by atomic mass is 9.70. The lowest BCUT2D eigenvalue weighted by Gasteiger charge is -2.44. The Labute approximate surface area is 323 Å². The minimum absolute atomic E-state index is 0.210. The van der Waals surface area contributed by atoms with Crippen LogP contribution < -0.4 is 4.90 Å². The van der Waals surface area contributed by atoms with Gasteiger partial charge in [0.05, 0.1) is 11.4 Å². The van der Waals surface area contributed by atoms with E-state index in [-0.39, 0.29) is 10.8 Å². The van der Waals surface area contributed by atoms with Crippen LogP contribution in [0.15, 0.2) is 176 Å². The highest BCUT2D eigenvalue weighted by atomic mass is 15.2. The average Bonchev–Trinajstić information content (AvgIpc) is 3.46. The van der Waals surface area contributed by atoms with Gasteiger partial charge in [-0.1, -0.05) is 167 Å². The Bertz CT molecular complexity index is 2960. The number of benzene rings is 9. The molecule has 0 amide bonds. The van der Waals surface area contributed by atoms with E-state index in [1.807, 2.05) is 0 Å². The number of hydrogen-bond donors (Lipinski definition) is 0. The molecule has 0 N–H and O–H groups in total. The molecule has 11 rings (SSSR count). The van der Waals surface area contributed by atoms with Crippen LogP contribution in [-0.4, -0.2) is 0 Å². The highest BCUT2D eigenvalue weighted by Crippen LogP contribution is 2.61. The highest BCUT2D eigenvalue weighted by molar-refractivity contribution is 6.26. The van der Waals surface area contributed by atoms with Crippen molar-refractivity contribution in [3.63, 3.8) is 0 Å². The Kier molecular flexibility index (Phi) is 6.72. The normalized spacial score (nSPS) is 14.8. The molecule has 262 valence electrons. The molecule has 2 aliphatic rings. The van der Waals surface area contributed by atoms with Crippen molar-refractivity contribution >= 4 is 49.4 Å². The van der Waals surface area contributed by atoms with Crippen LogP contribution in [0.25, 0.3) is 65.7 Å². The first-order chi connectivity index (χ1) is 26.8. The molecule has 1 heterocycles. The largest absolute Gasteiger partial charge is 0.310 e. The van der Waals surface area contributed by atoms with Gasteiger partial charge in [-0.3, -0.25) is 0 Å². The van der Waals surface area contributed by atoms with Gasteiger partial charge in [0.25, 0.3) is 0 Å². The molecule has 0 unspecified atom stereocenters. The lowest BCUT2D eigenvalue weighted by Crippen LogP contribution is -2.33. The second-order valence-corrected chi connectivity index (χ2v) is 16.5. The van der Waals surface area contributed by atoms with E-state index in [1.165, 1.54) is 105 Å². The summed E-state index contributed by atoms with van der Waals surface area (Å²) in [6, 6.07) is 65.7. The van der Waals surface area contributed by atoms with Crippen molar-refractivity contribution in [1.29, 1.82) is 0 Å². The van der Waals surface area contributed by atoms with Gasteiger partial charge in [-0.2, -0.15) is 0 Å². The predicted molar refractivity (Wildman–Crippen MR) is 234 cm³/mol. The lowest BCUT2D eigenvalue weighted by molar-refractivity contribution is 0.617. The molecule has 1 aliphatic heterocycles. The van der Waals surface area contributed by atoms with E-state index in [9.17, 15) is 0 Å². The van der Waals surface area contributed by atoms with Gasteiger partial charge in [0, 0.05) is 16.5 Å². The second kappa shape index (κ2) is 11.5. The summed E-state index contributed by atoms with van der Waals surface area (Å²) in [5.74, 6) is 0. The minimum atomic E-state index is -0.267. The van der Waals surface area contributed by atoms with Gasteiger partial charge in [-0.05, 0) is 124 Å². The second-order valence-electron chi connectivity index (χ2n) is 16.5. The molecule has 1 nitrogen and oxygen atoms in total. The fraction of sp³-hybridized carbons (Fsp3) is 0.111. The van der Waals surface area contributed by atoms with E-state index in [4.69, 9.17) is 0 Å². The van der Waals surface area contributed by atoms with E-state index in [0.717, 1.165) is 0 Å². The van der Waals surface area contributed by atoms with Crippen molar-refractivity contribution in [2.24, 2.45) is 0 Å². The van der Waals surface area contributed by atoms with Crippen LogP contribution >= 0.6 is 0 Å². The van der Waals surface area contributed by atoms with E-state index < -0.39 is 0 Å². The Morgan fingerprint density at radius 2 is 0.855 bits per heavy atom. The molecule has 9 aromatic rings. The molecule has 0 saturated carbocycles.